The number of rotatable bonds is 7. The number of halogens is 1. The van der Waals surface area contributed by atoms with Crippen molar-refractivity contribution in [1.29, 1.82) is 0 Å². The first-order valence-corrected chi connectivity index (χ1v) is 7.08. The lowest BCUT2D eigenvalue weighted by molar-refractivity contribution is -0.120. The van der Waals surface area contributed by atoms with Crippen LogP contribution in [-0.4, -0.2) is 38.3 Å². The Morgan fingerprint density at radius 1 is 1.40 bits per heavy atom. The summed E-state index contributed by atoms with van der Waals surface area (Å²) in [5, 5.41) is 5.85. The molecule has 0 radical (unpaired) electrons. The molecule has 1 unspecified atom stereocenters. The Kier molecular flexibility index (Phi) is 5.95. The van der Waals surface area contributed by atoms with E-state index in [1.807, 2.05) is 6.07 Å². The fourth-order valence-electron chi connectivity index (χ4n) is 2.22. The SMILES string of the molecule is O=C(CNCCc1ccccc1F)NCC1CCCO1. The van der Waals surface area contributed by atoms with Crippen LogP contribution in [0.4, 0.5) is 4.39 Å². The molecule has 0 spiro atoms. The Labute approximate surface area is 118 Å². The van der Waals surface area contributed by atoms with Crippen LogP contribution >= 0.6 is 0 Å². The minimum Gasteiger partial charge on any atom is -0.376 e. The van der Waals surface area contributed by atoms with Crippen molar-refractivity contribution in [2.75, 3.05) is 26.2 Å². The fourth-order valence-corrected chi connectivity index (χ4v) is 2.22. The Balaban J connectivity index is 1.56. The third-order valence-corrected chi connectivity index (χ3v) is 3.37. The van der Waals surface area contributed by atoms with Crippen LogP contribution < -0.4 is 10.6 Å². The van der Waals surface area contributed by atoms with Gasteiger partial charge in [0.1, 0.15) is 5.82 Å². The molecular weight excluding hydrogens is 259 g/mol. The average Bonchev–Trinajstić information content (AvgIpc) is 2.96. The van der Waals surface area contributed by atoms with E-state index in [0.29, 0.717) is 25.1 Å². The summed E-state index contributed by atoms with van der Waals surface area (Å²) >= 11 is 0. The predicted molar refractivity (Wildman–Crippen MR) is 75.0 cm³/mol. The van der Waals surface area contributed by atoms with Crippen molar-refractivity contribution in [2.45, 2.75) is 25.4 Å². The number of hydrogen-bond donors (Lipinski definition) is 2. The van der Waals surface area contributed by atoms with Gasteiger partial charge < -0.3 is 15.4 Å². The van der Waals surface area contributed by atoms with Gasteiger partial charge in [0.15, 0.2) is 0 Å². The second-order valence-corrected chi connectivity index (χ2v) is 4.96. The third-order valence-electron chi connectivity index (χ3n) is 3.37. The van der Waals surface area contributed by atoms with Gasteiger partial charge in [0, 0.05) is 13.2 Å². The Morgan fingerprint density at radius 3 is 3.00 bits per heavy atom. The van der Waals surface area contributed by atoms with Gasteiger partial charge in [-0.25, -0.2) is 4.39 Å². The number of carbonyl (C=O) groups is 1. The van der Waals surface area contributed by atoms with Crippen LogP contribution in [0, 0.1) is 5.82 Å². The molecule has 1 heterocycles. The predicted octanol–water partition coefficient (Wildman–Crippen LogP) is 1.25. The van der Waals surface area contributed by atoms with Gasteiger partial charge in [0.2, 0.25) is 5.91 Å². The first kappa shape index (κ1) is 14.9. The lowest BCUT2D eigenvalue weighted by atomic mass is 10.1. The largest absolute Gasteiger partial charge is 0.376 e. The normalized spacial score (nSPS) is 18.1. The van der Waals surface area contributed by atoms with Crippen molar-refractivity contribution < 1.29 is 13.9 Å². The Morgan fingerprint density at radius 2 is 2.25 bits per heavy atom. The molecule has 1 aromatic rings. The maximum Gasteiger partial charge on any atom is 0.234 e. The lowest BCUT2D eigenvalue weighted by Gasteiger charge is -2.11. The van der Waals surface area contributed by atoms with E-state index in [1.165, 1.54) is 6.07 Å². The van der Waals surface area contributed by atoms with E-state index in [-0.39, 0.29) is 24.4 Å². The summed E-state index contributed by atoms with van der Waals surface area (Å²) in [6.07, 6.45) is 2.83. The number of ether oxygens (including phenoxy) is 1. The summed E-state index contributed by atoms with van der Waals surface area (Å²) < 4.78 is 18.8. The van der Waals surface area contributed by atoms with Crippen LogP contribution in [0.15, 0.2) is 24.3 Å². The standard InChI is InChI=1S/C15H21FN2O2/c16-14-6-2-1-4-12(14)7-8-17-11-15(19)18-10-13-5-3-9-20-13/h1-2,4,6,13,17H,3,5,7-11H2,(H,18,19). The number of carbonyl (C=O) groups excluding carboxylic acids is 1. The van der Waals surface area contributed by atoms with Gasteiger partial charge in [-0.3, -0.25) is 4.79 Å². The van der Waals surface area contributed by atoms with Crippen LogP contribution in [0.3, 0.4) is 0 Å². The first-order chi connectivity index (χ1) is 9.75. The van der Waals surface area contributed by atoms with Gasteiger partial charge >= 0.3 is 0 Å². The zero-order chi connectivity index (χ0) is 14.2. The molecular formula is C15H21FN2O2. The summed E-state index contributed by atoms with van der Waals surface area (Å²) in [5.41, 5.74) is 0.666. The van der Waals surface area contributed by atoms with Crippen molar-refractivity contribution in [3.8, 4) is 0 Å². The zero-order valence-corrected chi connectivity index (χ0v) is 11.5. The number of nitrogens with one attached hydrogen (secondary N) is 2. The van der Waals surface area contributed by atoms with Gasteiger partial charge in [-0.2, -0.15) is 0 Å². The highest BCUT2D eigenvalue weighted by molar-refractivity contribution is 5.77. The minimum atomic E-state index is -0.197. The molecule has 1 saturated heterocycles. The highest BCUT2D eigenvalue weighted by atomic mass is 19.1. The molecule has 2 rings (SSSR count). The molecule has 0 bridgehead atoms. The van der Waals surface area contributed by atoms with E-state index < -0.39 is 0 Å². The summed E-state index contributed by atoms with van der Waals surface area (Å²) in [6.45, 7) is 2.20. The molecule has 110 valence electrons. The molecule has 1 amide bonds. The highest BCUT2D eigenvalue weighted by Gasteiger charge is 2.15. The monoisotopic (exact) mass is 280 g/mol. The second-order valence-electron chi connectivity index (χ2n) is 4.96. The quantitative estimate of drug-likeness (QED) is 0.739. The second kappa shape index (κ2) is 7.97. The first-order valence-electron chi connectivity index (χ1n) is 7.08. The molecule has 1 fully saturated rings. The molecule has 0 saturated carbocycles. The summed E-state index contributed by atoms with van der Waals surface area (Å²) in [4.78, 5) is 11.6. The van der Waals surface area contributed by atoms with E-state index in [2.05, 4.69) is 10.6 Å². The Bertz CT molecular complexity index is 434. The molecule has 2 N–H and O–H groups in total. The molecule has 1 aliphatic heterocycles. The van der Waals surface area contributed by atoms with Crippen molar-refractivity contribution in [3.05, 3.63) is 35.6 Å². The molecule has 1 aromatic carbocycles. The molecule has 20 heavy (non-hydrogen) atoms. The van der Waals surface area contributed by atoms with Crippen LogP contribution in [0.2, 0.25) is 0 Å². The van der Waals surface area contributed by atoms with Gasteiger partial charge in [-0.1, -0.05) is 18.2 Å². The fraction of sp³-hybridized carbons (Fsp3) is 0.533. The summed E-state index contributed by atoms with van der Waals surface area (Å²) in [5.74, 6) is -0.244. The topological polar surface area (TPSA) is 50.4 Å². The van der Waals surface area contributed by atoms with Crippen molar-refractivity contribution in [1.82, 2.24) is 10.6 Å². The van der Waals surface area contributed by atoms with Crippen molar-refractivity contribution in [3.63, 3.8) is 0 Å². The Hall–Kier alpha value is -1.46. The minimum absolute atomic E-state index is 0.0472. The van der Waals surface area contributed by atoms with Crippen molar-refractivity contribution in [2.24, 2.45) is 0 Å². The third kappa shape index (κ3) is 4.90. The number of hydrogen-bond acceptors (Lipinski definition) is 3. The maximum atomic E-state index is 13.3. The van der Waals surface area contributed by atoms with Crippen LogP contribution in [-0.2, 0) is 16.0 Å². The van der Waals surface area contributed by atoms with Crippen LogP contribution in [0.1, 0.15) is 18.4 Å². The van der Waals surface area contributed by atoms with Crippen LogP contribution in [0.25, 0.3) is 0 Å². The van der Waals surface area contributed by atoms with E-state index in [4.69, 9.17) is 4.74 Å². The van der Waals surface area contributed by atoms with E-state index >= 15 is 0 Å². The van der Waals surface area contributed by atoms with E-state index in [1.54, 1.807) is 12.1 Å². The van der Waals surface area contributed by atoms with Gasteiger partial charge in [-0.05, 0) is 37.4 Å². The summed E-state index contributed by atoms with van der Waals surface area (Å²) in [7, 11) is 0. The van der Waals surface area contributed by atoms with Crippen LogP contribution in [0.5, 0.6) is 0 Å². The van der Waals surface area contributed by atoms with E-state index in [0.717, 1.165) is 19.4 Å². The maximum absolute atomic E-state index is 13.3. The smallest absolute Gasteiger partial charge is 0.234 e. The van der Waals surface area contributed by atoms with Gasteiger partial charge in [0.05, 0.1) is 12.6 Å². The summed E-state index contributed by atoms with van der Waals surface area (Å²) in [6, 6.07) is 6.69. The van der Waals surface area contributed by atoms with Crippen molar-refractivity contribution >= 4 is 5.91 Å². The molecule has 0 aromatic heterocycles. The average molecular weight is 280 g/mol. The molecule has 4 nitrogen and oxygen atoms in total. The van der Waals surface area contributed by atoms with E-state index in [9.17, 15) is 9.18 Å². The number of benzene rings is 1. The molecule has 0 aliphatic carbocycles. The molecule has 5 heteroatoms. The highest BCUT2D eigenvalue weighted by Crippen LogP contribution is 2.10. The lowest BCUT2D eigenvalue weighted by Crippen LogP contribution is -2.38. The number of amides is 1. The van der Waals surface area contributed by atoms with Gasteiger partial charge in [0.25, 0.3) is 0 Å². The zero-order valence-electron chi connectivity index (χ0n) is 11.5. The van der Waals surface area contributed by atoms with Gasteiger partial charge in [-0.15, -0.1) is 0 Å². The molecule has 1 aliphatic rings. The molecule has 1 atom stereocenters.